The number of carboxylic acid groups (broad SMARTS) is 1. The maximum atomic E-state index is 13.9. The lowest BCUT2D eigenvalue weighted by Gasteiger charge is -2.66. The van der Waals surface area contributed by atoms with Crippen molar-refractivity contribution in [1.29, 1.82) is 0 Å². The van der Waals surface area contributed by atoms with Gasteiger partial charge in [0.15, 0.2) is 11.6 Å². The van der Waals surface area contributed by atoms with E-state index in [2.05, 4.69) is 20.8 Å². The van der Waals surface area contributed by atoms with Crippen molar-refractivity contribution in [2.75, 3.05) is 0 Å². The zero-order valence-electron chi connectivity index (χ0n) is 20.1. The van der Waals surface area contributed by atoms with Gasteiger partial charge in [0.25, 0.3) is 0 Å². The highest BCUT2D eigenvalue weighted by Gasteiger charge is 2.66. The van der Waals surface area contributed by atoms with Crippen LogP contribution in [0.25, 0.3) is 0 Å². The second kappa shape index (κ2) is 6.77. The summed E-state index contributed by atoms with van der Waals surface area (Å²) in [5, 5.41) is 9.71. The molecule has 0 amide bonds. The Morgan fingerprint density at radius 3 is 2.34 bits per heavy atom. The van der Waals surface area contributed by atoms with Crippen LogP contribution in [0.4, 0.5) is 0 Å². The molecular formula is C27H39NO4. The molecule has 0 radical (unpaired) electrons. The molecule has 0 saturated heterocycles. The van der Waals surface area contributed by atoms with Gasteiger partial charge in [0.05, 0.1) is 11.5 Å². The minimum absolute atomic E-state index is 0.0353. The van der Waals surface area contributed by atoms with E-state index < -0.39 is 11.5 Å². The third-order valence-electron chi connectivity index (χ3n) is 11.3. The fraction of sp³-hybridized carbons (Fsp3) is 0.815. The van der Waals surface area contributed by atoms with Crippen LogP contribution in [0.5, 0.6) is 0 Å². The highest BCUT2D eigenvalue weighted by atomic mass is 16.4. The molecule has 0 bridgehead atoms. The molecular weight excluding hydrogens is 402 g/mol. The molecule has 5 aliphatic carbocycles. The first-order valence-electron chi connectivity index (χ1n) is 12.6. The smallest absolute Gasteiger partial charge is 0.306 e. The highest BCUT2D eigenvalue weighted by Crippen LogP contribution is 2.69. The van der Waals surface area contributed by atoms with Gasteiger partial charge >= 0.3 is 5.97 Å². The molecule has 5 aliphatic rings. The number of aliphatic carboxylic acids is 1. The van der Waals surface area contributed by atoms with Gasteiger partial charge in [-0.15, -0.1) is 0 Å². The molecule has 4 saturated carbocycles. The van der Waals surface area contributed by atoms with Gasteiger partial charge in [-0.1, -0.05) is 26.3 Å². The molecule has 5 nitrogen and oxygen atoms in total. The first-order valence-corrected chi connectivity index (χ1v) is 12.6. The van der Waals surface area contributed by atoms with E-state index in [4.69, 9.17) is 5.73 Å². The predicted molar refractivity (Wildman–Crippen MR) is 122 cm³/mol. The van der Waals surface area contributed by atoms with Crippen molar-refractivity contribution in [2.45, 2.75) is 91.0 Å². The van der Waals surface area contributed by atoms with Crippen LogP contribution >= 0.6 is 0 Å². The molecule has 0 spiro atoms. The van der Waals surface area contributed by atoms with E-state index in [0.29, 0.717) is 18.8 Å². The Labute approximate surface area is 191 Å². The second-order valence-electron chi connectivity index (χ2n) is 12.9. The summed E-state index contributed by atoms with van der Waals surface area (Å²) in [5.41, 5.74) is 6.71. The van der Waals surface area contributed by atoms with Crippen molar-refractivity contribution in [2.24, 2.45) is 51.6 Å². The molecule has 3 N–H and O–H groups in total. The van der Waals surface area contributed by atoms with E-state index in [1.165, 1.54) is 5.57 Å². The van der Waals surface area contributed by atoms with Crippen LogP contribution in [-0.4, -0.2) is 28.2 Å². The number of allylic oxidation sites excluding steroid dienone is 2. The third kappa shape index (κ3) is 2.75. The summed E-state index contributed by atoms with van der Waals surface area (Å²) in [6.45, 7) is 8.74. The van der Waals surface area contributed by atoms with E-state index in [1.807, 2.05) is 13.0 Å². The number of Topliss-reactive ketones (excluding diaryl/α,β-unsaturated/α-hetero) is 1. The Balaban J connectivity index is 1.57. The molecule has 4 fully saturated rings. The molecule has 0 aromatic carbocycles. The van der Waals surface area contributed by atoms with E-state index in [1.54, 1.807) is 0 Å². The Morgan fingerprint density at radius 1 is 0.969 bits per heavy atom. The number of rotatable bonds is 1. The zero-order valence-corrected chi connectivity index (χ0v) is 20.1. The third-order valence-corrected chi connectivity index (χ3v) is 11.3. The standard InChI is InChI=1S/C27H39NO4/c1-24-9-5-15(23(31)32)13-18(24)16-14-19(29)22-25(2,17(16)6-10-24)11-7-20-26(22,3)12-8-21(30)27(20,4)28/h14-15,17-18,20,22H,5-13,28H2,1-4H3,(H,31,32)/t15?,17?,18?,20?,22?,24?,25?,26?,27-/m1/s1. The minimum atomic E-state index is -0.859. The first-order chi connectivity index (χ1) is 14.8. The van der Waals surface area contributed by atoms with Crippen molar-refractivity contribution < 1.29 is 19.5 Å². The van der Waals surface area contributed by atoms with Gasteiger partial charge in [-0.2, -0.15) is 0 Å². The van der Waals surface area contributed by atoms with Crippen LogP contribution in [0.15, 0.2) is 11.6 Å². The van der Waals surface area contributed by atoms with Crippen LogP contribution in [0.1, 0.15) is 85.5 Å². The first kappa shape index (κ1) is 22.3. The number of fused-ring (bicyclic) bond motifs is 7. The molecule has 5 heteroatoms. The van der Waals surface area contributed by atoms with Crippen LogP contribution in [0, 0.1) is 45.8 Å². The van der Waals surface area contributed by atoms with Gasteiger partial charge in [0.1, 0.15) is 0 Å². The fourth-order valence-corrected chi connectivity index (χ4v) is 9.53. The fourth-order valence-electron chi connectivity index (χ4n) is 9.53. The van der Waals surface area contributed by atoms with E-state index in [-0.39, 0.29) is 51.5 Å². The lowest BCUT2D eigenvalue weighted by Crippen LogP contribution is -2.68. The van der Waals surface area contributed by atoms with E-state index in [9.17, 15) is 19.5 Å². The van der Waals surface area contributed by atoms with Gasteiger partial charge in [0, 0.05) is 12.3 Å². The summed E-state index contributed by atoms with van der Waals surface area (Å²) in [7, 11) is 0. The topological polar surface area (TPSA) is 97.5 Å². The number of ketones is 2. The number of carboxylic acids is 1. The van der Waals surface area contributed by atoms with Crippen LogP contribution in [-0.2, 0) is 14.4 Å². The minimum Gasteiger partial charge on any atom is -0.481 e. The van der Waals surface area contributed by atoms with Gasteiger partial charge in [-0.25, -0.2) is 0 Å². The van der Waals surface area contributed by atoms with Crippen LogP contribution < -0.4 is 5.73 Å². The largest absolute Gasteiger partial charge is 0.481 e. The normalized spacial score (nSPS) is 52.8. The van der Waals surface area contributed by atoms with Gasteiger partial charge in [-0.3, -0.25) is 14.4 Å². The Bertz CT molecular complexity index is 921. The zero-order chi connectivity index (χ0) is 23.3. The summed E-state index contributed by atoms with van der Waals surface area (Å²) in [6.07, 6.45) is 9.48. The predicted octanol–water partition coefficient (Wildman–Crippen LogP) is 4.53. The summed E-state index contributed by atoms with van der Waals surface area (Å²) >= 11 is 0. The SMILES string of the molecule is CC12CCC(C(=O)O)CC1C1=CC(=O)C3C(C)(CCC4C3(C)CCC(=O)[C@]4(C)N)C1CC2. The number of nitrogens with two attached hydrogens (primary N) is 1. The molecule has 5 rings (SSSR count). The Hall–Kier alpha value is -1.49. The van der Waals surface area contributed by atoms with Crippen LogP contribution in [0.2, 0.25) is 0 Å². The maximum Gasteiger partial charge on any atom is 0.306 e. The average Bonchev–Trinajstić information content (AvgIpc) is 2.69. The molecule has 9 atom stereocenters. The molecule has 0 aliphatic heterocycles. The van der Waals surface area contributed by atoms with E-state index >= 15 is 0 Å². The maximum absolute atomic E-state index is 13.9. The van der Waals surface area contributed by atoms with Crippen LogP contribution in [0.3, 0.4) is 0 Å². The summed E-state index contributed by atoms with van der Waals surface area (Å²) in [4.78, 5) is 38.4. The van der Waals surface area contributed by atoms with Gasteiger partial charge < -0.3 is 10.8 Å². The molecule has 0 heterocycles. The second-order valence-corrected chi connectivity index (χ2v) is 12.9. The van der Waals surface area contributed by atoms with Crippen molar-refractivity contribution in [3.63, 3.8) is 0 Å². The lowest BCUT2D eigenvalue weighted by molar-refractivity contribution is -0.167. The summed E-state index contributed by atoms with van der Waals surface area (Å²) in [5.74, 6) is -0.204. The van der Waals surface area contributed by atoms with Crippen molar-refractivity contribution >= 4 is 17.5 Å². The lowest BCUT2D eigenvalue weighted by atomic mass is 9.38. The molecule has 176 valence electrons. The highest BCUT2D eigenvalue weighted by molar-refractivity contribution is 5.96. The molecule has 0 aromatic heterocycles. The number of carbonyl (C=O) groups excluding carboxylic acids is 2. The van der Waals surface area contributed by atoms with Crippen molar-refractivity contribution in [3.8, 4) is 0 Å². The quantitative estimate of drug-likeness (QED) is 0.623. The average molecular weight is 442 g/mol. The van der Waals surface area contributed by atoms with Gasteiger partial charge in [-0.05, 0) is 98.4 Å². The molecule has 0 aromatic rings. The number of hydrogen-bond donors (Lipinski definition) is 2. The van der Waals surface area contributed by atoms with Gasteiger partial charge in [0.2, 0.25) is 0 Å². The van der Waals surface area contributed by atoms with Crippen molar-refractivity contribution in [1.82, 2.24) is 0 Å². The monoisotopic (exact) mass is 441 g/mol. The summed E-state index contributed by atoms with van der Waals surface area (Å²) in [6, 6.07) is 0. The molecule has 8 unspecified atom stereocenters. The Kier molecular flexibility index (Phi) is 4.72. The Morgan fingerprint density at radius 2 is 1.66 bits per heavy atom. The van der Waals surface area contributed by atoms with Crippen molar-refractivity contribution in [3.05, 3.63) is 11.6 Å². The number of hydrogen-bond acceptors (Lipinski definition) is 4. The number of carbonyl (C=O) groups is 3. The van der Waals surface area contributed by atoms with E-state index in [0.717, 1.165) is 44.9 Å². The molecule has 32 heavy (non-hydrogen) atoms. The summed E-state index contributed by atoms with van der Waals surface area (Å²) < 4.78 is 0.